The van der Waals surface area contributed by atoms with Crippen LogP contribution in [0.2, 0.25) is 0 Å². The number of hydrogen-bond donors (Lipinski definition) is 2. The van der Waals surface area contributed by atoms with Crippen molar-refractivity contribution in [2.75, 3.05) is 7.11 Å². The zero-order valence-corrected chi connectivity index (χ0v) is 11.8. The van der Waals surface area contributed by atoms with Crippen LogP contribution in [0.15, 0.2) is 24.4 Å². The van der Waals surface area contributed by atoms with Crippen LogP contribution in [0.25, 0.3) is 0 Å². The summed E-state index contributed by atoms with van der Waals surface area (Å²) in [4.78, 5) is 17.7. The molecule has 0 spiro atoms. The molecule has 2 N–H and O–H groups in total. The summed E-state index contributed by atoms with van der Waals surface area (Å²) in [5, 5.41) is 8.86. The maximum Gasteiger partial charge on any atom is 0.353 e. The molecule has 0 aliphatic rings. The van der Waals surface area contributed by atoms with Crippen LogP contribution >= 0.6 is 0 Å². The Morgan fingerprint density at radius 3 is 2.75 bits per heavy atom. The number of ether oxygens (including phenoxy) is 1. The lowest BCUT2D eigenvalue weighted by Crippen LogP contribution is -1.99. The largest absolute Gasteiger partial charge is 0.496 e. The Morgan fingerprint density at radius 2 is 2.20 bits per heavy atom. The van der Waals surface area contributed by atoms with Gasteiger partial charge in [-0.3, -0.25) is 0 Å². The molecule has 1 aromatic heterocycles. The number of nitrogens with zero attached hydrogens (tertiary/aromatic N) is 1. The Balaban J connectivity index is 2.24. The number of rotatable bonds is 5. The number of benzene rings is 1. The SMILES string of the molecule is COc1ccc(Cc2ncc(C(=O)O)[nH]2)cc1C(C)C. The molecular weight excluding hydrogens is 256 g/mol. The molecule has 2 aromatic rings. The Kier molecular flexibility index (Phi) is 4.08. The van der Waals surface area contributed by atoms with E-state index in [9.17, 15) is 4.79 Å². The lowest BCUT2D eigenvalue weighted by atomic mass is 9.98. The normalized spacial score (nSPS) is 10.8. The van der Waals surface area contributed by atoms with Gasteiger partial charge in [-0.1, -0.05) is 26.0 Å². The van der Waals surface area contributed by atoms with E-state index in [-0.39, 0.29) is 5.69 Å². The quantitative estimate of drug-likeness (QED) is 0.879. The summed E-state index contributed by atoms with van der Waals surface area (Å²) in [6.45, 7) is 4.22. The number of aromatic amines is 1. The first-order valence-electron chi connectivity index (χ1n) is 6.45. The molecule has 0 saturated carbocycles. The number of methoxy groups -OCH3 is 1. The molecule has 0 saturated heterocycles. The highest BCUT2D eigenvalue weighted by molar-refractivity contribution is 5.85. The van der Waals surface area contributed by atoms with E-state index >= 15 is 0 Å². The molecular formula is C15H18N2O3. The zero-order valence-electron chi connectivity index (χ0n) is 11.8. The first-order chi connectivity index (χ1) is 9.51. The van der Waals surface area contributed by atoms with Gasteiger partial charge in [-0.25, -0.2) is 9.78 Å². The van der Waals surface area contributed by atoms with E-state index in [4.69, 9.17) is 9.84 Å². The number of imidazole rings is 1. The van der Waals surface area contributed by atoms with Gasteiger partial charge in [-0.15, -0.1) is 0 Å². The summed E-state index contributed by atoms with van der Waals surface area (Å²) in [6.07, 6.45) is 1.90. The van der Waals surface area contributed by atoms with Gasteiger partial charge in [-0.05, 0) is 23.1 Å². The minimum atomic E-state index is -0.999. The van der Waals surface area contributed by atoms with E-state index in [0.717, 1.165) is 16.9 Å². The molecule has 1 heterocycles. The predicted octanol–water partition coefficient (Wildman–Crippen LogP) is 2.83. The third-order valence-corrected chi connectivity index (χ3v) is 3.15. The third kappa shape index (κ3) is 2.99. The summed E-state index contributed by atoms with van der Waals surface area (Å²) in [7, 11) is 1.66. The number of aromatic nitrogens is 2. The minimum Gasteiger partial charge on any atom is -0.496 e. The number of nitrogens with one attached hydrogen (secondary N) is 1. The van der Waals surface area contributed by atoms with E-state index in [1.165, 1.54) is 6.20 Å². The van der Waals surface area contributed by atoms with Crippen LogP contribution in [-0.2, 0) is 6.42 Å². The molecule has 5 nitrogen and oxygen atoms in total. The van der Waals surface area contributed by atoms with Crippen molar-refractivity contribution in [1.82, 2.24) is 9.97 Å². The summed E-state index contributed by atoms with van der Waals surface area (Å²) >= 11 is 0. The molecule has 1 aromatic carbocycles. The van der Waals surface area contributed by atoms with Crippen molar-refractivity contribution >= 4 is 5.97 Å². The van der Waals surface area contributed by atoms with Crippen molar-refractivity contribution in [3.05, 3.63) is 47.0 Å². The van der Waals surface area contributed by atoms with Crippen LogP contribution in [0.1, 0.15) is 47.2 Å². The van der Waals surface area contributed by atoms with Gasteiger partial charge in [0, 0.05) is 6.42 Å². The smallest absolute Gasteiger partial charge is 0.353 e. The van der Waals surface area contributed by atoms with Crippen molar-refractivity contribution in [2.45, 2.75) is 26.2 Å². The molecule has 0 atom stereocenters. The van der Waals surface area contributed by atoms with Crippen LogP contribution in [0.4, 0.5) is 0 Å². The second-order valence-electron chi connectivity index (χ2n) is 4.96. The lowest BCUT2D eigenvalue weighted by molar-refractivity contribution is 0.0691. The van der Waals surface area contributed by atoms with Crippen molar-refractivity contribution < 1.29 is 14.6 Å². The van der Waals surface area contributed by atoms with E-state index < -0.39 is 5.97 Å². The standard InChI is InChI=1S/C15H18N2O3/c1-9(2)11-6-10(4-5-13(11)20-3)7-14-16-8-12(17-14)15(18)19/h4-6,8-9H,7H2,1-3H3,(H,16,17)(H,18,19). The lowest BCUT2D eigenvalue weighted by Gasteiger charge is -2.13. The number of H-pyrrole nitrogens is 1. The van der Waals surface area contributed by atoms with Crippen LogP contribution in [-0.4, -0.2) is 28.2 Å². The average molecular weight is 274 g/mol. The number of hydrogen-bond acceptors (Lipinski definition) is 3. The molecule has 0 unspecified atom stereocenters. The Bertz CT molecular complexity index is 617. The van der Waals surface area contributed by atoms with Crippen molar-refractivity contribution in [3.63, 3.8) is 0 Å². The maximum absolute atomic E-state index is 10.8. The van der Waals surface area contributed by atoms with Crippen molar-refractivity contribution in [3.8, 4) is 5.75 Å². The molecule has 0 bridgehead atoms. The van der Waals surface area contributed by atoms with E-state index in [1.54, 1.807) is 7.11 Å². The molecule has 0 aliphatic heterocycles. The van der Waals surface area contributed by atoms with E-state index in [1.807, 2.05) is 12.1 Å². The van der Waals surface area contributed by atoms with Crippen LogP contribution in [0.3, 0.4) is 0 Å². The first kappa shape index (κ1) is 14.1. The molecule has 0 amide bonds. The van der Waals surface area contributed by atoms with Crippen molar-refractivity contribution in [2.24, 2.45) is 0 Å². The van der Waals surface area contributed by atoms with Crippen LogP contribution < -0.4 is 4.74 Å². The van der Waals surface area contributed by atoms with Gasteiger partial charge in [0.25, 0.3) is 0 Å². The number of aromatic carboxylic acids is 1. The third-order valence-electron chi connectivity index (χ3n) is 3.15. The van der Waals surface area contributed by atoms with Crippen LogP contribution in [0, 0.1) is 0 Å². The Hall–Kier alpha value is -2.30. The number of carboxylic acids is 1. The van der Waals surface area contributed by atoms with Gasteiger partial charge < -0.3 is 14.8 Å². The fourth-order valence-corrected chi connectivity index (χ4v) is 2.10. The highest BCUT2D eigenvalue weighted by atomic mass is 16.5. The molecule has 0 aliphatic carbocycles. The van der Waals surface area contributed by atoms with Crippen LogP contribution in [0.5, 0.6) is 5.75 Å². The highest BCUT2D eigenvalue weighted by Crippen LogP contribution is 2.27. The fraction of sp³-hybridized carbons (Fsp3) is 0.333. The van der Waals surface area contributed by atoms with Gasteiger partial charge in [0.15, 0.2) is 0 Å². The fourth-order valence-electron chi connectivity index (χ4n) is 2.10. The number of carbonyl (C=O) groups is 1. The average Bonchev–Trinajstić information content (AvgIpc) is 2.87. The second-order valence-corrected chi connectivity index (χ2v) is 4.96. The second kappa shape index (κ2) is 5.77. The van der Waals surface area contributed by atoms with Gasteiger partial charge in [0.1, 0.15) is 17.3 Å². The maximum atomic E-state index is 10.8. The summed E-state index contributed by atoms with van der Waals surface area (Å²) in [5.74, 6) is 0.870. The van der Waals surface area contributed by atoms with Gasteiger partial charge in [0.2, 0.25) is 0 Å². The van der Waals surface area contributed by atoms with Gasteiger partial charge >= 0.3 is 5.97 Å². The van der Waals surface area contributed by atoms with E-state index in [0.29, 0.717) is 18.2 Å². The summed E-state index contributed by atoms with van der Waals surface area (Å²) < 4.78 is 5.35. The summed E-state index contributed by atoms with van der Waals surface area (Å²) in [5.41, 5.74) is 2.31. The predicted molar refractivity (Wildman–Crippen MR) is 75.4 cm³/mol. The zero-order chi connectivity index (χ0) is 14.7. The van der Waals surface area contributed by atoms with Gasteiger partial charge in [-0.2, -0.15) is 0 Å². The highest BCUT2D eigenvalue weighted by Gasteiger charge is 2.11. The topological polar surface area (TPSA) is 75.2 Å². The van der Waals surface area contributed by atoms with Gasteiger partial charge in [0.05, 0.1) is 13.3 Å². The molecule has 0 fully saturated rings. The van der Waals surface area contributed by atoms with E-state index in [2.05, 4.69) is 29.9 Å². The molecule has 0 radical (unpaired) electrons. The van der Waals surface area contributed by atoms with Crippen molar-refractivity contribution in [1.29, 1.82) is 0 Å². The first-order valence-corrected chi connectivity index (χ1v) is 6.45. The summed E-state index contributed by atoms with van der Waals surface area (Å²) in [6, 6.07) is 5.98. The molecule has 5 heteroatoms. The monoisotopic (exact) mass is 274 g/mol. The molecule has 2 rings (SSSR count). The molecule has 106 valence electrons. The minimum absolute atomic E-state index is 0.109. The Morgan fingerprint density at radius 1 is 1.45 bits per heavy atom. The number of carboxylic acid groups (broad SMARTS) is 1. The Labute approximate surface area is 117 Å². The molecule has 20 heavy (non-hydrogen) atoms.